The van der Waals surface area contributed by atoms with Crippen LogP contribution in [-0.4, -0.2) is 17.4 Å². The van der Waals surface area contributed by atoms with Crippen molar-refractivity contribution in [1.82, 2.24) is 10.3 Å². The Morgan fingerprint density at radius 3 is 2.80 bits per heavy atom. The lowest BCUT2D eigenvalue weighted by Crippen LogP contribution is -2.25. The third kappa shape index (κ3) is 4.31. The lowest BCUT2D eigenvalue weighted by molar-refractivity contribution is -0.116. The Morgan fingerprint density at radius 1 is 1.40 bits per heavy atom. The van der Waals surface area contributed by atoms with E-state index in [1.807, 2.05) is 30.5 Å². The van der Waals surface area contributed by atoms with E-state index in [4.69, 9.17) is 0 Å². The number of nitrogens with one attached hydrogen (secondary N) is 1. The number of aryl methyl sites for hydroxylation is 1. The Labute approximate surface area is 123 Å². The highest BCUT2D eigenvalue weighted by Gasteiger charge is 2.05. The Morgan fingerprint density at radius 2 is 2.15 bits per heavy atom. The van der Waals surface area contributed by atoms with Crippen molar-refractivity contribution in [3.05, 3.63) is 58.1 Å². The van der Waals surface area contributed by atoms with Crippen molar-refractivity contribution in [2.24, 2.45) is 0 Å². The van der Waals surface area contributed by atoms with Crippen LogP contribution in [0.4, 0.5) is 0 Å². The highest BCUT2D eigenvalue weighted by atomic mass is 32.1. The van der Waals surface area contributed by atoms with Gasteiger partial charge < -0.3 is 5.32 Å². The zero-order valence-corrected chi connectivity index (χ0v) is 12.5. The quantitative estimate of drug-likeness (QED) is 0.856. The fourth-order valence-electron chi connectivity index (χ4n) is 1.83. The van der Waals surface area contributed by atoms with Crippen molar-refractivity contribution in [3.8, 4) is 0 Å². The molecule has 0 saturated carbocycles. The van der Waals surface area contributed by atoms with Crippen LogP contribution in [-0.2, 0) is 4.79 Å². The van der Waals surface area contributed by atoms with Crippen LogP contribution in [0.5, 0.6) is 0 Å². The molecule has 0 radical (unpaired) electrons. The zero-order valence-electron chi connectivity index (χ0n) is 11.7. The summed E-state index contributed by atoms with van der Waals surface area (Å²) in [6.07, 6.45) is 3.28. The smallest absolute Gasteiger partial charge is 0.244 e. The van der Waals surface area contributed by atoms with Crippen molar-refractivity contribution >= 4 is 23.3 Å². The number of rotatable bonds is 5. The lowest BCUT2D eigenvalue weighted by atomic mass is 10.0. The monoisotopic (exact) mass is 286 g/mol. The summed E-state index contributed by atoms with van der Waals surface area (Å²) >= 11 is 1.58. The van der Waals surface area contributed by atoms with E-state index in [0.717, 1.165) is 10.7 Å². The summed E-state index contributed by atoms with van der Waals surface area (Å²) in [7, 11) is 0. The summed E-state index contributed by atoms with van der Waals surface area (Å²) in [5, 5.41) is 5.85. The van der Waals surface area contributed by atoms with Gasteiger partial charge in [-0.25, -0.2) is 4.98 Å². The van der Waals surface area contributed by atoms with Crippen LogP contribution in [0.25, 0.3) is 6.08 Å². The predicted molar refractivity (Wildman–Crippen MR) is 83.8 cm³/mol. The Bertz CT molecular complexity index is 590. The number of thiazole rings is 1. The van der Waals surface area contributed by atoms with E-state index in [1.54, 1.807) is 17.4 Å². The van der Waals surface area contributed by atoms with Gasteiger partial charge in [0, 0.05) is 18.0 Å². The minimum Gasteiger partial charge on any atom is -0.352 e. The second-order valence-electron chi connectivity index (χ2n) is 4.68. The summed E-state index contributed by atoms with van der Waals surface area (Å²) in [4.78, 5) is 16.0. The molecule has 1 amide bonds. The number of nitrogens with zero attached hydrogens (tertiary/aromatic N) is 1. The minimum atomic E-state index is -0.0848. The second kappa shape index (κ2) is 7.01. The molecule has 104 valence electrons. The van der Waals surface area contributed by atoms with E-state index in [0.29, 0.717) is 12.5 Å². The maximum atomic E-state index is 11.7. The third-order valence-electron chi connectivity index (χ3n) is 2.99. The van der Waals surface area contributed by atoms with E-state index in [-0.39, 0.29) is 5.91 Å². The van der Waals surface area contributed by atoms with Crippen LogP contribution < -0.4 is 5.32 Å². The van der Waals surface area contributed by atoms with Gasteiger partial charge in [0.2, 0.25) is 5.91 Å². The first-order chi connectivity index (χ1) is 9.65. The van der Waals surface area contributed by atoms with E-state index in [2.05, 4.69) is 29.4 Å². The van der Waals surface area contributed by atoms with Crippen LogP contribution in [0.15, 0.2) is 41.8 Å². The summed E-state index contributed by atoms with van der Waals surface area (Å²) < 4.78 is 0. The molecule has 1 heterocycles. The largest absolute Gasteiger partial charge is 0.352 e. The van der Waals surface area contributed by atoms with Gasteiger partial charge in [-0.2, -0.15) is 0 Å². The molecule has 1 N–H and O–H groups in total. The average molecular weight is 286 g/mol. The Balaban J connectivity index is 1.82. The van der Waals surface area contributed by atoms with Gasteiger partial charge in [0.05, 0.1) is 10.7 Å². The standard InChI is InChI=1S/C16H18N2OS/c1-12(14-6-4-3-5-7-14)10-17-16(19)9-8-15-11-20-13(2)18-15/h3-9,11-12H,10H2,1-2H3,(H,17,19)/b9-8+. The molecular weight excluding hydrogens is 268 g/mol. The van der Waals surface area contributed by atoms with Gasteiger partial charge in [0.25, 0.3) is 0 Å². The molecule has 2 rings (SSSR count). The van der Waals surface area contributed by atoms with Gasteiger partial charge in [-0.3, -0.25) is 4.79 Å². The maximum Gasteiger partial charge on any atom is 0.244 e. The van der Waals surface area contributed by atoms with Gasteiger partial charge in [0.15, 0.2) is 0 Å². The van der Waals surface area contributed by atoms with Crippen molar-refractivity contribution in [3.63, 3.8) is 0 Å². The highest BCUT2D eigenvalue weighted by molar-refractivity contribution is 7.09. The normalized spacial score (nSPS) is 12.5. The van der Waals surface area contributed by atoms with Crippen molar-refractivity contribution in [2.45, 2.75) is 19.8 Å². The molecule has 1 unspecified atom stereocenters. The summed E-state index contributed by atoms with van der Waals surface area (Å²) in [6.45, 7) is 4.68. The van der Waals surface area contributed by atoms with Crippen molar-refractivity contribution in [1.29, 1.82) is 0 Å². The molecule has 0 saturated heterocycles. The third-order valence-corrected chi connectivity index (χ3v) is 3.79. The number of carbonyl (C=O) groups is 1. The molecule has 4 heteroatoms. The number of amides is 1. The van der Waals surface area contributed by atoms with E-state index in [1.165, 1.54) is 11.6 Å². The Kier molecular flexibility index (Phi) is 5.07. The minimum absolute atomic E-state index is 0.0848. The van der Waals surface area contributed by atoms with Gasteiger partial charge in [-0.1, -0.05) is 37.3 Å². The molecule has 0 aliphatic carbocycles. The molecule has 20 heavy (non-hydrogen) atoms. The zero-order chi connectivity index (χ0) is 14.4. The van der Waals surface area contributed by atoms with Crippen LogP contribution in [0, 0.1) is 6.92 Å². The fourth-order valence-corrected chi connectivity index (χ4v) is 2.41. The first kappa shape index (κ1) is 14.5. The van der Waals surface area contributed by atoms with Gasteiger partial charge in [0.1, 0.15) is 0 Å². The molecule has 1 atom stereocenters. The fraction of sp³-hybridized carbons (Fsp3) is 0.250. The Hall–Kier alpha value is -1.94. The van der Waals surface area contributed by atoms with E-state index in [9.17, 15) is 4.79 Å². The molecule has 0 fully saturated rings. The summed E-state index contributed by atoms with van der Waals surface area (Å²) in [5.41, 5.74) is 2.06. The van der Waals surface area contributed by atoms with Crippen LogP contribution >= 0.6 is 11.3 Å². The molecule has 3 nitrogen and oxygen atoms in total. The molecule has 2 aromatic rings. The molecule has 0 spiro atoms. The number of benzene rings is 1. The molecule has 1 aromatic carbocycles. The molecule has 0 aliphatic heterocycles. The number of hydrogen-bond donors (Lipinski definition) is 1. The van der Waals surface area contributed by atoms with Gasteiger partial charge in [-0.15, -0.1) is 11.3 Å². The van der Waals surface area contributed by atoms with Gasteiger partial charge >= 0.3 is 0 Å². The number of hydrogen-bond acceptors (Lipinski definition) is 3. The predicted octanol–water partition coefficient (Wildman–Crippen LogP) is 3.38. The molecular formula is C16H18N2OS. The van der Waals surface area contributed by atoms with Crippen LogP contribution in [0.1, 0.15) is 29.1 Å². The molecule has 1 aromatic heterocycles. The number of aromatic nitrogens is 1. The van der Waals surface area contributed by atoms with Crippen LogP contribution in [0.3, 0.4) is 0 Å². The van der Waals surface area contributed by atoms with E-state index >= 15 is 0 Å². The first-order valence-electron chi connectivity index (χ1n) is 6.58. The van der Waals surface area contributed by atoms with Crippen molar-refractivity contribution < 1.29 is 4.79 Å². The SMILES string of the molecule is Cc1nc(/C=C/C(=O)NCC(C)c2ccccc2)cs1. The van der Waals surface area contributed by atoms with Crippen LogP contribution in [0.2, 0.25) is 0 Å². The summed E-state index contributed by atoms with van der Waals surface area (Å²) in [6, 6.07) is 10.2. The molecule has 0 aliphatic rings. The van der Waals surface area contributed by atoms with Gasteiger partial charge in [-0.05, 0) is 24.5 Å². The topological polar surface area (TPSA) is 42.0 Å². The first-order valence-corrected chi connectivity index (χ1v) is 7.46. The maximum absolute atomic E-state index is 11.7. The lowest BCUT2D eigenvalue weighted by Gasteiger charge is -2.11. The average Bonchev–Trinajstić information content (AvgIpc) is 2.89. The number of carbonyl (C=O) groups excluding carboxylic acids is 1. The molecule has 0 bridgehead atoms. The highest BCUT2D eigenvalue weighted by Crippen LogP contribution is 2.13. The van der Waals surface area contributed by atoms with Crippen molar-refractivity contribution in [2.75, 3.05) is 6.54 Å². The summed E-state index contributed by atoms with van der Waals surface area (Å²) in [5.74, 6) is 0.216. The second-order valence-corrected chi connectivity index (χ2v) is 5.74. The van der Waals surface area contributed by atoms with E-state index < -0.39 is 0 Å².